The molecule has 0 aliphatic carbocycles. The highest BCUT2D eigenvalue weighted by Gasteiger charge is 2.11. The summed E-state index contributed by atoms with van der Waals surface area (Å²) in [5.74, 6) is 0.573. The Morgan fingerprint density at radius 2 is 2.06 bits per heavy atom. The topological polar surface area (TPSA) is 17.8 Å². The average molecular weight is 249 g/mol. The van der Waals surface area contributed by atoms with Gasteiger partial charge in [-0.2, -0.15) is 0 Å². The lowest BCUT2D eigenvalue weighted by Gasteiger charge is -2.18. The van der Waals surface area contributed by atoms with Crippen molar-refractivity contribution in [1.29, 1.82) is 0 Å². The van der Waals surface area contributed by atoms with Crippen LogP contribution in [0.4, 0.5) is 0 Å². The summed E-state index contributed by atoms with van der Waals surface area (Å²) < 4.78 is 2.17. The second-order valence-corrected chi connectivity index (χ2v) is 4.46. The first kappa shape index (κ1) is 12.2. The van der Waals surface area contributed by atoms with Gasteiger partial charge < -0.3 is 4.57 Å². The Morgan fingerprint density at radius 3 is 2.59 bits per heavy atom. The molecule has 90 valence electrons. The maximum absolute atomic E-state index is 5.80. The Kier molecular flexibility index (Phi) is 4.21. The lowest BCUT2D eigenvalue weighted by Crippen LogP contribution is -2.08. The standard InChI is InChI=1S/C14H17ClN2/c1-2-3-14(17-9-8-16-11-17)13-6-4-12(10-15)5-7-13/h4-9,11,14H,2-3,10H2,1H3. The quantitative estimate of drug-likeness (QED) is 0.731. The predicted molar refractivity (Wildman–Crippen MR) is 71.3 cm³/mol. The van der Waals surface area contributed by atoms with Gasteiger partial charge in [-0.05, 0) is 17.5 Å². The Labute approximate surface area is 107 Å². The predicted octanol–water partition coefficient (Wildman–Crippen LogP) is 4.01. The molecule has 2 rings (SSSR count). The fourth-order valence-electron chi connectivity index (χ4n) is 2.04. The van der Waals surface area contributed by atoms with Crippen LogP contribution in [-0.2, 0) is 5.88 Å². The fraction of sp³-hybridized carbons (Fsp3) is 0.357. The van der Waals surface area contributed by atoms with Crippen molar-refractivity contribution in [3.8, 4) is 0 Å². The zero-order valence-electron chi connectivity index (χ0n) is 10.0. The third-order valence-electron chi connectivity index (χ3n) is 2.97. The number of benzene rings is 1. The van der Waals surface area contributed by atoms with Crippen LogP contribution in [0.2, 0.25) is 0 Å². The normalized spacial score (nSPS) is 12.6. The van der Waals surface area contributed by atoms with E-state index in [1.807, 2.05) is 18.7 Å². The first-order valence-electron chi connectivity index (χ1n) is 5.97. The molecule has 2 nitrogen and oxygen atoms in total. The SMILES string of the molecule is CCCC(c1ccc(CCl)cc1)n1ccnc1. The molecule has 0 spiro atoms. The summed E-state index contributed by atoms with van der Waals surface area (Å²) in [5.41, 5.74) is 2.48. The lowest BCUT2D eigenvalue weighted by atomic mass is 10.0. The zero-order valence-corrected chi connectivity index (χ0v) is 10.8. The monoisotopic (exact) mass is 248 g/mol. The van der Waals surface area contributed by atoms with E-state index in [1.165, 1.54) is 5.56 Å². The van der Waals surface area contributed by atoms with E-state index >= 15 is 0 Å². The Morgan fingerprint density at radius 1 is 1.29 bits per heavy atom. The molecule has 1 aromatic heterocycles. The van der Waals surface area contributed by atoms with Gasteiger partial charge in [0.1, 0.15) is 0 Å². The molecule has 0 fully saturated rings. The van der Waals surface area contributed by atoms with Gasteiger partial charge in [-0.3, -0.25) is 0 Å². The van der Waals surface area contributed by atoms with Gasteiger partial charge in [0, 0.05) is 18.3 Å². The Bertz CT molecular complexity index is 434. The highest BCUT2D eigenvalue weighted by molar-refractivity contribution is 6.17. The largest absolute Gasteiger partial charge is 0.330 e. The minimum atomic E-state index is 0.381. The van der Waals surface area contributed by atoms with Gasteiger partial charge in [-0.1, -0.05) is 37.6 Å². The van der Waals surface area contributed by atoms with Crippen molar-refractivity contribution >= 4 is 11.6 Å². The average Bonchev–Trinajstić information content (AvgIpc) is 2.90. The summed E-state index contributed by atoms with van der Waals surface area (Å²) in [5, 5.41) is 0. The molecular formula is C14H17ClN2. The molecule has 2 aromatic rings. The Balaban J connectivity index is 2.26. The van der Waals surface area contributed by atoms with Crippen LogP contribution in [-0.4, -0.2) is 9.55 Å². The maximum atomic E-state index is 5.80. The summed E-state index contributed by atoms with van der Waals surface area (Å²) >= 11 is 5.80. The summed E-state index contributed by atoms with van der Waals surface area (Å²) in [6.45, 7) is 2.21. The molecule has 0 amide bonds. The number of rotatable bonds is 5. The number of alkyl halides is 1. The van der Waals surface area contributed by atoms with Gasteiger partial charge in [0.15, 0.2) is 0 Å². The van der Waals surface area contributed by atoms with Crippen molar-refractivity contribution in [2.45, 2.75) is 31.7 Å². The molecule has 0 N–H and O–H groups in total. The van der Waals surface area contributed by atoms with Gasteiger partial charge in [-0.25, -0.2) is 4.98 Å². The zero-order chi connectivity index (χ0) is 12.1. The summed E-state index contributed by atoms with van der Waals surface area (Å²) in [6, 6.07) is 8.91. The van der Waals surface area contributed by atoms with E-state index in [9.17, 15) is 0 Å². The van der Waals surface area contributed by atoms with Gasteiger partial charge in [-0.15, -0.1) is 11.6 Å². The number of aromatic nitrogens is 2. The van der Waals surface area contributed by atoms with Crippen LogP contribution in [0.3, 0.4) is 0 Å². The molecule has 1 heterocycles. The van der Waals surface area contributed by atoms with Crippen LogP contribution in [0.1, 0.15) is 36.9 Å². The van der Waals surface area contributed by atoms with Gasteiger partial charge in [0.25, 0.3) is 0 Å². The third kappa shape index (κ3) is 2.89. The van der Waals surface area contributed by atoms with Crippen molar-refractivity contribution in [3.05, 3.63) is 54.1 Å². The lowest BCUT2D eigenvalue weighted by molar-refractivity contribution is 0.532. The smallest absolute Gasteiger partial charge is 0.0951 e. The van der Waals surface area contributed by atoms with Gasteiger partial charge >= 0.3 is 0 Å². The van der Waals surface area contributed by atoms with Crippen molar-refractivity contribution in [2.75, 3.05) is 0 Å². The van der Waals surface area contributed by atoms with E-state index in [4.69, 9.17) is 11.6 Å². The molecule has 1 aromatic carbocycles. The van der Waals surface area contributed by atoms with E-state index in [0.29, 0.717) is 11.9 Å². The summed E-state index contributed by atoms with van der Waals surface area (Å²) in [7, 11) is 0. The highest BCUT2D eigenvalue weighted by Crippen LogP contribution is 2.23. The molecule has 3 heteroatoms. The van der Waals surface area contributed by atoms with E-state index < -0.39 is 0 Å². The second-order valence-electron chi connectivity index (χ2n) is 4.19. The van der Waals surface area contributed by atoms with Crippen LogP contribution >= 0.6 is 11.6 Å². The molecule has 1 atom stereocenters. The van der Waals surface area contributed by atoms with Crippen LogP contribution < -0.4 is 0 Å². The first-order valence-corrected chi connectivity index (χ1v) is 6.51. The summed E-state index contributed by atoms with van der Waals surface area (Å²) in [4.78, 5) is 4.13. The number of nitrogens with zero attached hydrogens (tertiary/aromatic N) is 2. The maximum Gasteiger partial charge on any atom is 0.0951 e. The molecular weight excluding hydrogens is 232 g/mol. The number of halogens is 1. The van der Waals surface area contributed by atoms with Crippen LogP contribution in [0.5, 0.6) is 0 Å². The van der Waals surface area contributed by atoms with E-state index in [1.54, 1.807) is 0 Å². The van der Waals surface area contributed by atoms with E-state index in [2.05, 4.69) is 40.7 Å². The molecule has 1 unspecified atom stereocenters. The van der Waals surface area contributed by atoms with Crippen LogP contribution in [0.15, 0.2) is 43.0 Å². The number of hydrogen-bond donors (Lipinski definition) is 0. The molecule has 0 aliphatic rings. The molecule has 0 aliphatic heterocycles. The third-order valence-corrected chi connectivity index (χ3v) is 3.27. The summed E-state index contributed by atoms with van der Waals surface area (Å²) in [6.07, 6.45) is 8.01. The first-order chi connectivity index (χ1) is 8.35. The molecule has 0 radical (unpaired) electrons. The molecule has 17 heavy (non-hydrogen) atoms. The highest BCUT2D eigenvalue weighted by atomic mass is 35.5. The fourth-order valence-corrected chi connectivity index (χ4v) is 2.22. The molecule has 0 bridgehead atoms. The van der Waals surface area contributed by atoms with E-state index in [0.717, 1.165) is 18.4 Å². The van der Waals surface area contributed by atoms with Crippen molar-refractivity contribution in [3.63, 3.8) is 0 Å². The van der Waals surface area contributed by atoms with Crippen molar-refractivity contribution < 1.29 is 0 Å². The second kappa shape index (κ2) is 5.87. The van der Waals surface area contributed by atoms with Crippen LogP contribution in [0, 0.1) is 0 Å². The number of imidazole rings is 1. The minimum absolute atomic E-state index is 0.381. The molecule has 0 saturated carbocycles. The minimum Gasteiger partial charge on any atom is -0.330 e. The van der Waals surface area contributed by atoms with Crippen molar-refractivity contribution in [2.24, 2.45) is 0 Å². The number of hydrogen-bond acceptors (Lipinski definition) is 1. The van der Waals surface area contributed by atoms with Crippen molar-refractivity contribution in [1.82, 2.24) is 9.55 Å². The Hall–Kier alpha value is -1.28. The van der Waals surface area contributed by atoms with Crippen LogP contribution in [0.25, 0.3) is 0 Å². The van der Waals surface area contributed by atoms with E-state index in [-0.39, 0.29) is 0 Å². The van der Waals surface area contributed by atoms with Gasteiger partial charge in [0.05, 0.1) is 12.4 Å². The van der Waals surface area contributed by atoms with Gasteiger partial charge in [0.2, 0.25) is 0 Å². The molecule has 0 saturated heterocycles.